The fraction of sp³-hybridized carbons (Fsp3) is 0.111. The first kappa shape index (κ1) is 15.5. The number of hydrogen-bond acceptors (Lipinski definition) is 4. The number of ether oxygens (including phenoxy) is 2. The molecule has 0 aliphatic carbocycles. The topological polar surface area (TPSA) is 52.6 Å². The lowest BCUT2D eigenvalue weighted by molar-refractivity contribution is -0.117. The normalized spacial score (nSPS) is 10.0. The summed E-state index contributed by atoms with van der Waals surface area (Å²) in [5.74, 6) is 0.878. The second-order valence-electron chi connectivity index (χ2n) is 4.59. The van der Waals surface area contributed by atoms with Gasteiger partial charge in [-0.15, -0.1) is 0 Å². The van der Waals surface area contributed by atoms with Crippen LogP contribution in [0.4, 0.5) is 0 Å². The molecule has 0 heterocycles. The van der Waals surface area contributed by atoms with E-state index in [1.54, 1.807) is 12.1 Å². The Balaban J connectivity index is 2.11. The summed E-state index contributed by atoms with van der Waals surface area (Å²) in [6.45, 7) is 6.73. The summed E-state index contributed by atoms with van der Waals surface area (Å²) in [6.07, 6.45) is 2.46. The highest BCUT2D eigenvalue weighted by Crippen LogP contribution is 2.25. The zero-order valence-corrected chi connectivity index (χ0v) is 12.1. The Morgan fingerprint density at radius 2 is 1.23 bits per heavy atom. The summed E-state index contributed by atoms with van der Waals surface area (Å²) in [4.78, 5) is 22.3. The van der Waals surface area contributed by atoms with Crippen LogP contribution in [0.25, 0.3) is 10.8 Å². The standard InChI is InChI=1S/C18H16O4/c1-3-15(19)11-21-17-7-5-14-10-18(8-6-13(14)9-17)22-12-16(20)4-2/h3-10H,1-2,11-12H2. The smallest absolute Gasteiger partial charge is 0.192 e. The van der Waals surface area contributed by atoms with Crippen molar-refractivity contribution in [3.05, 3.63) is 61.7 Å². The average molecular weight is 296 g/mol. The highest BCUT2D eigenvalue weighted by atomic mass is 16.5. The Morgan fingerprint density at radius 1 is 0.818 bits per heavy atom. The SMILES string of the molecule is C=CC(=O)COc1ccc2cc(OCC(=O)C=C)ccc2c1. The molecule has 2 aromatic rings. The van der Waals surface area contributed by atoms with Gasteiger partial charge in [0.25, 0.3) is 0 Å². The van der Waals surface area contributed by atoms with E-state index in [0.29, 0.717) is 11.5 Å². The molecule has 0 aromatic heterocycles. The van der Waals surface area contributed by atoms with E-state index in [0.717, 1.165) is 10.8 Å². The van der Waals surface area contributed by atoms with Crippen molar-refractivity contribution in [1.29, 1.82) is 0 Å². The Hall–Kier alpha value is -2.88. The first-order valence-corrected chi connectivity index (χ1v) is 6.72. The molecule has 0 bridgehead atoms. The molecule has 0 unspecified atom stereocenters. The zero-order chi connectivity index (χ0) is 15.9. The summed E-state index contributed by atoms with van der Waals surface area (Å²) < 4.78 is 10.8. The molecule has 0 fully saturated rings. The van der Waals surface area contributed by atoms with Gasteiger partial charge in [0.15, 0.2) is 24.8 Å². The molecule has 0 aliphatic heterocycles. The second-order valence-corrected chi connectivity index (χ2v) is 4.59. The second kappa shape index (κ2) is 7.22. The lowest BCUT2D eigenvalue weighted by Crippen LogP contribution is -2.08. The molecule has 4 heteroatoms. The Bertz CT molecular complexity index is 668. The molecule has 0 aliphatic rings. The number of ketones is 2. The maximum atomic E-state index is 11.2. The first-order chi connectivity index (χ1) is 10.6. The summed E-state index contributed by atoms with van der Waals surface area (Å²) in [7, 11) is 0. The predicted molar refractivity (Wildman–Crippen MR) is 85.3 cm³/mol. The van der Waals surface area contributed by atoms with Crippen molar-refractivity contribution in [2.45, 2.75) is 0 Å². The number of rotatable bonds is 8. The van der Waals surface area contributed by atoms with Crippen molar-refractivity contribution in [3.63, 3.8) is 0 Å². The van der Waals surface area contributed by atoms with Crippen molar-refractivity contribution < 1.29 is 19.1 Å². The molecule has 22 heavy (non-hydrogen) atoms. The maximum absolute atomic E-state index is 11.2. The van der Waals surface area contributed by atoms with Crippen LogP contribution < -0.4 is 9.47 Å². The van der Waals surface area contributed by atoms with Crippen molar-refractivity contribution in [2.75, 3.05) is 13.2 Å². The molecule has 112 valence electrons. The van der Waals surface area contributed by atoms with Crippen molar-refractivity contribution >= 4 is 22.3 Å². The van der Waals surface area contributed by atoms with Gasteiger partial charge in [0, 0.05) is 0 Å². The molecular formula is C18H16O4. The number of hydrogen-bond donors (Lipinski definition) is 0. The van der Waals surface area contributed by atoms with Crippen molar-refractivity contribution in [3.8, 4) is 11.5 Å². The molecule has 0 atom stereocenters. The third-order valence-electron chi connectivity index (χ3n) is 3.00. The van der Waals surface area contributed by atoms with Crippen LogP contribution in [0.3, 0.4) is 0 Å². The molecule has 2 rings (SSSR count). The van der Waals surface area contributed by atoms with Gasteiger partial charge in [0.2, 0.25) is 0 Å². The molecule has 0 saturated carbocycles. The Kier molecular flexibility index (Phi) is 5.09. The van der Waals surface area contributed by atoms with Crippen LogP contribution in [0.15, 0.2) is 61.7 Å². The molecule has 0 spiro atoms. The minimum Gasteiger partial charge on any atom is -0.485 e. The number of carbonyl (C=O) groups is 2. The molecule has 0 saturated heterocycles. The molecule has 4 nitrogen and oxygen atoms in total. The highest BCUT2D eigenvalue weighted by molar-refractivity contribution is 5.91. The summed E-state index contributed by atoms with van der Waals surface area (Å²) >= 11 is 0. The molecule has 0 radical (unpaired) electrons. The molecule has 2 aromatic carbocycles. The molecule has 0 N–H and O–H groups in total. The number of benzene rings is 2. The highest BCUT2D eigenvalue weighted by Gasteiger charge is 2.03. The van der Waals surface area contributed by atoms with Crippen LogP contribution in [0.1, 0.15) is 0 Å². The summed E-state index contributed by atoms with van der Waals surface area (Å²) in [5.41, 5.74) is 0. The predicted octanol–water partition coefficient (Wildman–Crippen LogP) is 3.11. The van der Waals surface area contributed by atoms with Gasteiger partial charge in [-0.3, -0.25) is 9.59 Å². The fourth-order valence-corrected chi connectivity index (χ4v) is 1.81. The van der Waals surface area contributed by atoms with E-state index in [-0.39, 0.29) is 24.8 Å². The quantitative estimate of drug-likeness (QED) is 0.702. The molecular weight excluding hydrogens is 280 g/mol. The van der Waals surface area contributed by atoms with Gasteiger partial charge in [-0.2, -0.15) is 0 Å². The number of fused-ring (bicyclic) bond motifs is 1. The van der Waals surface area contributed by atoms with Crippen LogP contribution >= 0.6 is 0 Å². The summed E-state index contributed by atoms with van der Waals surface area (Å²) in [6, 6.07) is 11.0. The minimum absolute atomic E-state index is 0.0279. The third-order valence-corrected chi connectivity index (χ3v) is 3.00. The maximum Gasteiger partial charge on any atom is 0.192 e. The van der Waals surface area contributed by atoms with E-state index in [1.807, 2.05) is 24.3 Å². The lowest BCUT2D eigenvalue weighted by Gasteiger charge is -2.08. The van der Waals surface area contributed by atoms with Crippen LogP contribution in [0.2, 0.25) is 0 Å². The van der Waals surface area contributed by atoms with E-state index in [1.165, 1.54) is 12.2 Å². The van der Waals surface area contributed by atoms with Gasteiger partial charge < -0.3 is 9.47 Å². The van der Waals surface area contributed by atoms with E-state index >= 15 is 0 Å². The van der Waals surface area contributed by atoms with Crippen molar-refractivity contribution in [2.24, 2.45) is 0 Å². The van der Waals surface area contributed by atoms with E-state index in [4.69, 9.17) is 9.47 Å². The zero-order valence-electron chi connectivity index (χ0n) is 12.1. The van der Waals surface area contributed by atoms with Crippen molar-refractivity contribution in [1.82, 2.24) is 0 Å². The van der Waals surface area contributed by atoms with E-state index < -0.39 is 0 Å². The Labute approximate surface area is 128 Å². The summed E-state index contributed by atoms with van der Waals surface area (Å²) in [5, 5.41) is 1.90. The van der Waals surface area contributed by atoms with Gasteiger partial charge >= 0.3 is 0 Å². The van der Waals surface area contributed by atoms with Gasteiger partial charge in [-0.25, -0.2) is 0 Å². The lowest BCUT2D eigenvalue weighted by atomic mass is 10.1. The fourth-order valence-electron chi connectivity index (χ4n) is 1.81. The van der Waals surface area contributed by atoms with Gasteiger partial charge in [-0.05, 0) is 47.2 Å². The van der Waals surface area contributed by atoms with Crippen LogP contribution in [0, 0.1) is 0 Å². The van der Waals surface area contributed by atoms with Gasteiger partial charge in [0.05, 0.1) is 0 Å². The van der Waals surface area contributed by atoms with Crippen LogP contribution in [0.5, 0.6) is 11.5 Å². The van der Waals surface area contributed by atoms with Crippen LogP contribution in [-0.4, -0.2) is 24.8 Å². The van der Waals surface area contributed by atoms with Crippen LogP contribution in [-0.2, 0) is 9.59 Å². The van der Waals surface area contributed by atoms with E-state index in [2.05, 4.69) is 13.2 Å². The average Bonchev–Trinajstić information content (AvgIpc) is 2.57. The van der Waals surface area contributed by atoms with Gasteiger partial charge in [0.1, 0.15) is 11.5 Å². The largest absolute Gasteiger partial charge is 0.485 e. The van der Waals surface area contributed by atoms with E-state index in [9.17, 15) is 9.59 Å². The monoisotopic (exact) mass is 296 g/mol. The minimum atomic E-state index is -0.171. The number of carbonyl (C=O) groups excluding carboxylic acids is 2. The first-order valence-electron chi connectivity index (χ1n) is 6.72. The molecule has 0 amide bonds. The third kappa shape index (κ3) is 4.06. The Morgan fingerprint density at radius 3 is 1.59 bits per heavy atom. The van der Waals surface area contributed by atoms with Gasteiger partial charge in [-0.1, -0.05) is 25.3 Å².